The highest BCUT2D eigenvalue weighted by molar-refractivity contribution is 6.05. The van der Waals surface area contributed by atoms with Crippen molar-refractivity contribution in [1.29, 1.82) is 0 Å². The molecule has 4 rings (SSSR count). The molecule has 0 aliphatic carbocycles. The molecule has 0 bridgehead atoms. The first-order valence-electron chi connectivity index (χ1n) is 7.87. The number of hydrogen-bond donors (Lipinski definition) is 2. The van der Waals surface area contributed by atoms with E-state index in [0.717, 1.165) is 27.6 Å². The summed E-state index contributed by atoms with van der Waals surface area (Å²) in [6, 6.07) is 11.8. The van der Waals surface area contributed by atoms with E-state index < -0.39 is 5.91 Å². The van der Waals surface area contributed by atoms with Crippen LogP contribution in [0.2, 0.25) is 0 Å². The summed E-state index contributed by atoms with van der Waals surface area (Å²) >= 11 is 0. The maximum absolute atomic E-state index is 12.6. The number of rotatable bonds is 4. The van der Waals surface area contributed by atoms with Crippen molar-refractivity contribution in [2.45, 2.75) is 6.54 Å². The molecule has 1 aromatic heterocycles. The van der Waals surface area contributed by atoms with E-state index in [1.165, 1.54) is 0 Å². The van der Waals surface area contributed by atoms with E-state index in [-0.39, 0.29) is 18.0 Å². The number of hydrogen-bond acceptors (Lipinski definition) is 3. The van der Waals surface area contributed by atoms with Crippen molar-refractivity contribution in [3.05, 3.63) is 65.9 Å². The van der Waals surface area contributed by atoms with Crippen molar-refractivity contribution in [1.82, 2.24) is 15.1 Å². The predicted octanol–water partition coefficient (Wildman–Crippen LogP) is 2.23. The molecule has 0 saturated heterocycles. The lowest BCUT2D eigenvalue weighted by molar-refractivity contribution is -0.114. The van der Waals surface area contributed by atoms with Gasteiger partial charge in [-0.2, -0.15) is 5.10 Å². The number of benzene rings is 2. The van der Waals surface area contributed by atoms with Gasteiger partial charge in [0.25, 0.3) is 5.91 Å². The number of amides is 2. The molecule has 0 saturated carbocycles. The Hall–Kier alpha value is -3.41. The average Bonchev–Trinajstić information content (AvgIpc) is 3.24. The molecule has 0 atom stereocenters. The van der Waals surface area contributed by atoms with Crippen LogP contribution in [0, 0.1) is 0 Å². The molecule has 0 unspecified atom stereocenters. The van der Waals surface area contributed by atoms with Crippen molar-refractivity contribution in [2.24, 2.45) is 5.73 Å². The van der Waals surface area contributed by atoms with Crippen molar-refractivity contribution in [3.8, 4) is 11.3 Å². The van der Waals surface area contributed by atoms with Crippen LogP contribution in [0.5, 0.6) is 0 Å². The molecule has 6 heteroatoms. The lowest BCUT2D eigenvalue weighted by Gasteiger charge is -2.15. The Morgan fingerprint density at radius 1 is 1.28 bits per heavy atom. The summed E-state index contributed by atoms with van der Waals surface area (Å²) in [6.45, 7) is 4.22. The van der Waals surface area contributed by atoms with Gasteiger partial charge in [0.1, 0.15) is 0 Å². The number of carbonyl (C=O) groups excluding carboxylic acids is 2. The van der Waals surface area contributed by atoms with Gasteiger partial charge in [-0.05, 0) is 34.5 Å². The van der Waals surface area contributed by atoms with Gasteiger partial charge in [-0.1, -0.05) is 24.8 Å². The van der Waals surface area contributed by atoms with Gasteiger partial charge in [0.2, 0.25) is 5.91 Å². The number of nitrogens with zero attached hydrogens (tertiary/aromatic N) is 2. The first-order chi connectivity index (χ1) is 12.0. The molecule has 0 fully saturated rings. The molecule has 3 aromatic rings. The van der Waals surface area contributed by atoms with Crippen LogP contribution in [0.4, 0.5) is 0 Å². The SMILES string of the molecule is C=C(CN1Cc2c(ccc3ccc(-c4ccn[nH]4)cc23)C1=O)C(N)=O. The molecule has 6 nitrogen and oxygen atoms in total. The average molecular weight is 332 g/mol. The number of nitrogens with one attached hydrogen (secondary N) is 1. The monoisotopic (exact) mass is 332 g/mol. The Kier molecular flexibility index (Phi) is 3.39. The summed E-state index contributed by atoms with van der Waals surface area (Å²) in [7, 11) is 0. The highest BCUT2D eigenvalue weighted by Crippen LogP contribution is 2.33. The fourth-order valence-corrected chi connectivity index (χ4v) is 3.21. The van der Waals surface area contributed by atoms with Crippen molar-refractivity contribution in [2.75, 3.05) is 6.54 Å². The van der Waals surface area contributed by atoms with Crippen LogP contribution in [-0.4, -0.2) is 33.5 Å². The van der Waals surface area contributed by atoms with Crippen LogP contribution in [0.1, 0.15) is 15.9 Å². The van der Waals surface area contributed by atoms with Crippen LogP contribution in [-0.2, 0) is 11.3 Å². The summed E-state index contributed by atoms with van der Waals surface area (Å²) in [6.07, 6.45) is 1.70. The summed E-state index contributed by atoms with van der Waals surface area (Å²) in [4.78, 5) is 25.5. The number of aromatic amines is 1. The first-order valence-corrected chi connectivity index (χ1v) is 7.87. The smallest absolute Gasteiger partial charge is 0.254 e. The molecule has 25 heavy (non-hydrogen) atoms. The number of aromatic nitrogens is 2. The second-order valence-electron chi connectivity index (χ2n) is 6.13. The third-order valence-electron chi connectivity index (χ3n) is 4.54. The highest BCUT2D eigenvalue weighted by Gasteiger charge is 2.29. The summed E-state index contributed by atoms with van der Waals surface area (Å²) < 4.78 is 0. The van der Waals surface area contributed by atoms with Gasteiger partial charge in [-0.25, -0.2) is 0 Å². The Labute approximate surface area is 143 Å². The topological polar surface area (TPSA) is 92.1 Å². The van der Waals surface area contributed by atoms with Crippen molar-refractivity contribution < 1.29 is 9.59 Å². The maximum atomic E-state index is 12.6. The van der Waals surface area contributed by atoms with Gasteiger partial charge in [-0.15, -0.1) is 0 Å². The zero-order valence-electron chi connectivity index (χ0n) is 13.5. The third-order valence-corrected chi connectivity index (χ3v) is 4.54. The molecule has 3 N–H and O–H groups in total. The number of carbonyl (C=O) groups is 2. The molecule has 0 radical (unpaired) electrons. The van der Waals surface area contributed by atoms with E-state index in [1.54, 1.807) is 11.1 Å². The summed E-state index contributed by atoms with van der Waals surface area (Å²) in [5.41, 5.74) is 9.01. The van der Waals surface area contributed by atoms with Gasteiger partial charge < -0.3 is 10.6 Å². The van der Waals surface area contributed by atoms with Gasteiger partial charge in [0.05, 0.1) is 12.2 Å². The molecule has 1 aliphatic rings. The fraction of sp³-hybridized carbons (Fsp3) is 0.105. The minimum Gasteiger partial charge on any atom is -0.366 e. The van der Waals surface area contributed by atoms with Crippen molar-refractivity contribution >= 4 is 22.6 Å². The van der Waals surface area contributed by atoms with Crippen LogP contribution < -0.4 is 5.73 Å². The van der Waals surface area contributed by atoms with E-state index in [0.29, 0.717) is 12.1 Å². The standard InChI is InChI=1S/C19H16N4O2/c1-11(18(20)24)9-23-10-16-14(19(23)25)5-4-12-2-3-13(8-15(12)16)17-6-7-21-22-17/h2-8H,1,9-10H2,(H2,20,24)(H,21,22). The zero-order chi connectivity index (χ0) is 17.6. The molecule has 124 valence electrons. The number of fused-ring (bicyclic) bond motifs is 3. The molecule has 0 spiro atoms. The molecule has 2 heterocycles. The number of nitrogens with two attached hydrogens (primary N) is 1. The quantitative estimate of drug-likeness (QED) is 0.718. The number of primary amides is 1. The lowest BCUT2D eigenvalue weighted by Crippen LogP contribution is -2.30. The van der Waals surface area contributed by atoms with Gasteiger partial charge in [-0.3, -0.25) is 14.7 Å². The Balaban J connectivity index is 1.77. The van der Waals surface area contributed by atoms with E-state index in [1.807, 2.05) is 30.3 Å². The molecule has 2 aromatic carbocycles. The normalized spacial score (nSPS) is 13.3. The first kappa shape index (κ1) is 15.1. The summed E-state index contributed by atoms with van der Waals surface area (Å²) in [5, 5.41) is 9.01. The second-order valence-corrected chi connectivity index (χ2v) is 6.13. The minimum absolute atomic E-state index is 0.105. The second kappa shape index (κ2) is 5.59. The Bertz CT molecular complexity index is 1020. The lowest BCUT2D eigenvalue weighted by atomic mass is 9.98. The van der Waals surface area contributed by atoms with Crippen LogP contribution in [0.15, 0.2) is 54.7 Å². The van der Waals surface area contributed by atoms with Gasteiger partial charge in [0, 0.05) is 29.4 Å². The van der Waals surface area contributed by atoms with Crippen LogP contribution >= 0.6 is 0 Å². The van der Waals surface area contributed by atoms with Gasteiger partial charge in [0.15, 0.2) is 0 Å². The summed E-state index contributed by atoms with van der Waals surface area (Å²) in [5.74, 6) is -0.693. The molecule has 1 aliphatic heterocycles. The fourth-order valence-electron chi connectivity index (χ4n) is 3.21. The van der Waals surface area contributed by atoms with E-state index in [9.17, 15) is 9.59 Å². The predicted molar refractivity (Wildman–Crippen MR) is 94.6 cm³/mol. The van der Waals surface area contributed by atoms with E-state index >= 15 is 0 Å². The Morgan fingerprint density at radius 2 is 2.08 bits per heavy atom. The van der Waals surface area contributed by atoms with E-state index in [4.69, 9.17) is 5.73 Å². The van der Waals surface area contributed by atoms with Crippen molar-refractivity contribution in [3.63, 3.8) is 0 Å². The maximum Gasteiger partial charge on any atom is 0.254 e. The molecular weight excluding hydrogens is 316 g/mol. The van der Waals surface area contributed by atoms with E-state index in [2.05, 4.69) is 22.8 Å². The highest BCUT2D eigenvalue weighted by atomic mass is 16.2. The Morgan fingerprint density at radius 3 is 2.80 bits per heavy atom. The zero-order valence-corrected chi connectivity index (χ0v) is 13.5. The minimum atomic E-state index is -0.588. The molecular formula is C19H16N4O2. The number of H-pyrrole nitrogens is 1. The van der Waals surface area contributed by atoms with Crippen LogP contribution in [0.25, 0.3) is 22.0 Å². The molecule has 2 amide bonds. The largest absolute Gasteiger partial charge is 0.366 e. The van der Waals surface area contributed by atoms with Gasteiger partial charge >= 0.3 is 0 Å². The van der Waals surface area contributed by atoms with Crippen LogP contribution in [0.3, 0.4) is 0 Å². The third kappa shape index (κ3) is 2.48.